The van der Waals surface area contributed by atoms with Crippen molar-refractivity contribution in [3.05, 3.63) is 29.8 Å². The molecule has 98 valence electrons. The van der Waals surface area contributed by atoms with Gasteiger partial charge in [-0.1, -0.05) is 13.8 Å². The average Bonchev–Trinajstić information content (AvgIpc) is 2.34. The summed E-state index contributed by atoms with van der Waals surface area (Å²) in [5.41, 5.74) is 6.86. The minimum absolute atomic E-state index is 0.373. The molecule has 0 bridgehead atoms. The van der Waals surface area contributed by atoms with Crippen molar-refractivity contribution in [3.8, 4) is 0 Å². The van der Waals surface area contributed by atoms with Crippen LogP contribution in [-0.2, 0) is 0 Å². The van der Waals surface area contributed by atoms with Gasteiger partial charge in [-0.15, -0.1) is 0 Å². The Balaban J connectivity index is 1.95. The molecule has 1 aliphatic carbocycles. The van der Waals surface area contributed by atoms with Crippen molar-refractivity contribution in [2.75, 3.05) is 5.32 Å². The largest absolute Gasteiger partial charge is 0.382 e. The van der Waals surface area contributed by atoms with E-state index in [0.717, 1.165) is 17.5 Å². The van der Waals surface area contributed by atoms with Crippen LogP contribution in [0.2, 0.25) is 0 Å². The summed E-state index contributed by atoms with van der Waals surface area (Å²) in [5.74, 6) is 1.24. The Morgan fingerprint density at radius 2 is 1.83 bits per heavy atom. The second-order valence-electron chi connectivity index (χ2n) is 5.55. The molecule has 0 radical (unpaired) electrons. The van der Waals surface area contributed by atoms with Crippen LogP contribution in [0.25, 0.3) is 0 Å². The Kier molecular flexibility index (Phi) is 3.90. The number of anilines is 1. The normalized spacial score (nSPS) is 27.8. The molecule has 2 rings (SSSR count). The lowest BCUT2D eigenvalue weighted by molar-refractivity contribution is 0.100. The van der Waals surface area contributed by atoms with E-state index in [-0.39, 0.29) is 5.91 Å². The summed E-state index contributed by atoms with van der Waals surface area (Å²) in [6.07, 6.45) is 3.74. The van der Waals surface area contributed by atoms with E-state index in [0.29, 0.717) is 11.6 Å². The molecule has 1 amide bonds. The van der Waals surface area contributed by atoms with Crippen molar-refractivity contribution in [1.82, 2.24) is 0 Å². The van der Waals surface area contributed by atoms with Gasteiger partial charge in [0.2, 0.25) is 5.91 Å². The first kappa shape index (κ1) is 12.9. The Labute approximate surface area is 109 Å². The zero-order chi connectivity index (χ0) is 13.1. The topological polar surface area (TPSA) is 55.1 Å². The van der Waals surface area contributed by atoms with Crippen LogP contribution in [0.15, 0.2) is 24.3 Å². The lowest BCUT2D eigenvalue weighted by atomic mass is 9.79. The van der Waals surface area contributed by atoms with Crippen molar-refractivity contribution in [2.45, 2.75) is 39.2 Å². The number of hydrogen-bond donors (Lipinski definition) is 2. The maximum atomic E-state index is 11.0. The number of rotatable bonds is 3. The number of primary amides is 1. The molecule has 3 N–H and O–H groups in total. The maximum absolute atomic E-state index is 11.0. The lowest BCUT2D eigenvalue weighted by Crippen LogP contribution is -2.30. The van der Waals surface area contributed by atoms with Gasteiger partial charge in [-0.3, -0.25) is 4.79 Å². The molecular weight excluding hydrogens is 224 g/mol. The zero-order valence-corrected chi connectivity index (χ0v) is 11.1. The van der Waals surface area contributed by atoms with Crippen molar-refractivity contribution < 1.29 is 4.79 Å². The summed E-state index contributed by atoms with van der Waals surface area (Å²) in [5, 5.41) is 3.55. The van der Waals surface area contributed by atoms with Gasteiger partial charge in [-0.25, -0.2) is 0 Å². The Hall–Kier alpha value is -1.51. The second-order valence-corrected chi connectivity index (χ2v) is 5.55. The third kappa shape index (κ3) is 3.03. The van der Waals surface area contributed by atoms with Crippen LogP contribution in [0.1, 0.15) is 43.5 Å². The highest BCUT2D eigenvalue weighted by Crippen LogP contribution is 2.31. The predicted molar refractivity (Wildman–Crippen MR) is 74.5 cm³/mol. The molecule has 0 saturated heterocycles. The number of carbonyl (C=O) groups is 1. The van der Waals surface area contributed by atoms with Gasteiger partial charge in [-0.2, -0.15) is 0 Å². The molecule has 18 heavy (non-hydrogen) atoms. The molecule has 1 aromatic carbocycles. The van der Waals surface area contributed by atoms with Crippen LogP contribution in [0.5, 0.6) is 0 Å². The van der Waals surface area contributed by atoms with E-state index >= 15 is 0 Å². The molecule has 0 aliphatic heterocycles. The molecular formula is C15H22N2O. The van der Waals surface area contributed by atoms with E-state index in [1.54, 1.807) is 12.1 Å². The number of hydrogen-bond acceptors (Lipinski definition) is 2. The molecule has 3 nitrogen and oxygen atoms in total. The predicted octanol–water partition coefficient (Wildman–Crippen LogP) is 3.02. The van der Waals surface area contributed by atoms with Crippen LogP contribution in [0.4, 0.5) is 5.69 Å². The van der Waals surface area contributed by atoms with Crippen LogP contribution in [0.3, 0.4) is 0 Å². The van der Waals surface area contributed by atoms with Crippen LogP contribution < -0.4 is 11.1 Å². The first-order chi connectivity index (χ1) is 8.56. The molecule has 0 spiro atoms. The van der Waals surface area contributed by atoms with E-state index < -0.39 is 0 Å². The standard InChI is InChI=1S/C15H22N2O/c1-10-3-6-14(9-11(10)2)17-13-7-4-12(5-8-13)15(16)18/h4-5,7-8,10-11,14,17H,3,6,9H2,1-2H3,(H2,16,18). The van der Waals surface area contributed by atoms with E-state index in [1.165, 1.54) is 19.3 Å². The highest BCUT2D eigenvalue weighted by Gasteiger charge is 2.24. The number of nitrogens with one attached hydrogen (secondary N) is 1. The summed E-state index contributed by atoms with van der Waals surface area (Å²) in [7, 11) is 0. The van der Waals surface area contributed by atoms with Crippen molar-refractivity contribution in [2.24, 2.45) is 17.6 Å². The molecule has 1 saturated carbocycles. The van der Waals surface area contributed by atoms with E-state index in [2.05, 4.69) is 19.2 Å². The molecule has 3 atom stereocenters. The molecule has 0 heterocycles. The molecule has 0 aromatic heterocycles. The minimum Gasteiger partial charge on any atom is -0.382 e. The summed E-state index contributed by atoms with van der Waals surface area (Å²) in [4.78, 5) is 11.0. The van der Waals surface area contributed by atoms with Gasteiger partial charge >= 0.3 is 0 Å². The Morgan fingerprint density at radius 1 is 1.17 bits per heavy atom. The SMILES string of the molecule is CC1CCC(Nc2ccc(C(N)=O)cc2)CC1C. The molecule has 3 heteroatoms. The summed E-state index contributed by atoms with van der Waals surface area (Å²) in [6.45, 7) is 4.66. The minimum atomic E-state index is -0.373. The number of nitrogens with two attached hydrogens (primary N) is 1. The van der Waals surface area contributed by atoms with Crippen molar-refractivity contribution >= 4 is 11.6 Å². The monoisotopic (exact) mass is 246 g/mol. The van der Waals surface area contributed by atoms with Crippen molar-refractivity contribution in [3.63, 3.8) is 0 Å². The fraction of sp³-hybridized carbons (Fsp3) is 0.533. The second kappa shape index (κ2) is 5.42. The van der Waals surface area contributed by atoms with Gasteiger partial charge in [0, 0.05) is 17.3 Å². The quantitative estimate of drug-likeness (QED) is 0.861. The van der Waals surface area contributed by atoms with Crippen molar-refractivity contribution in [1.29, 1.82) is 0 Å². The summed E-state index contributed by atoms with van der Waals surface area (Å²) < 4.78 is 0. The molecule has 3 unspecified atom stereocenters. The maximum Gasteiger partial charge on any atom is 0.248 e. The summed E-state index contributed by atoms with van der Waals surface area (Å²) >= 11 is 0. The van der Waals surface area contributed by atoms with E-state index in [4.69, 9.17) is 5.73 Å². The third-order valence-electron chi connectivity index (χ3n) is 4.14. The third-order valence-corrected chi connectivity index (χ3v) is 4.14. The number of benzene rings is 1. The van der Waals surface area contributed by atoms with Gasteiger partial charge in [0.05, 0.1) is 0 Å². The Morgan fingerprint density at radius 3 is 2.39 bits per heavy atom. The first-order valence-corrected chi connectivity index (χ1v) is 6.72. The Bertz CT molecular complexity index is 413. The first-order valence-electron chi connectivity index (χ1n) is 6.72. The average molecular weight is 246 g/mol. The highest BCUT2D eigenvalue weighted by atomic mass is 16.1. The number of carbonyl (C=O) groups excluding carboxylic acids is 1. The molecule has 1 aromatic rings. The van der Waals surface area contributed by atoms with Gasteiger partial charge in [0.25, 0.3) is 0 Å². The van der Waals surface area contributed by atoms with E-state index in [1.807, 2.05) is 12.1 Å². The van der Waals surface area contributed by atoms with E-state index in [9.17, 15) is 4.79 Å². The summed E-state index contributed by atoms with van der Waals surface area (Å²) in [6, 6.07) is 7.97. The van der Waals surface area contributed by atoms with Crippen LogP contribution in [-0.4, -0.2) is 11.9 Å². The molecule has 1 fully saturated rings. The molecule has 1 aliphatic rings. The van der Waals surface area contributed by atoms with Crippen LogP contribution >= 0.6 is 0 Å². The van der Waals surface area contributed by atoms with Gasteiger partial charge < -0.3 is 11.1 Å². The van der Waals surface area contributed by atoms with Crippen LogP contribution in [0, 0.1) is 11.8 Å². The lowest BCUT2D eigenvalue weighted by Gasteiger charge is -2.33. The van der Waals surface area contributed by atoms with Gasteiger partial charge in [0.15, 0.2) is 0 Å². The fourth-order valence-electron chi connectivity index (χ4n) is 2.65. The van der Waals surface area contributed by atoms with Gasteiger partial charge in [0.1, 0.15) is 0 Å². The fourth-order valence-corrected chi connectivity index (χ4v) is 2.65. The highest BCUT2D eigenvalue weighted by molar-refractivity contribution is 5.93. The number of amides is 1. The zero-order valence-electron chi connectivity index (χ0n) is 11.1. The smallest absolute Gasteiger partial charge is 0.248 e. The van der Waals surface area contributed by atoms with Gasteiger partial charge in [-0.05, 0) is 55.4 Å².